The van der Waals surface area contributed by atoms with Crippen molar-refractivity contribution in [3.05, 3.63) is 149 Å². The van der Waals surface area contributed by atoms with Crippen LogP contribution in [-0.2, 0) is 16.2 Å². The van der Waals surface area contributed by atoms with Crippen LogP contribution in [0.15, 0.2) is 120 Å². The first-order valence-corrected chi connectivity index (χ1v) is 20.8. The maximum Gasteiger partial charge on any atom is 0.231 e. The van der Waals surface area contributed by atoms with Gasteiger partial charge in [-0.1, -0.05) is 117 Å². The van der Waals surface area contributed by atoms with Gasteiger partial charge in [0.25, 0.3) is 0 Å². The Morgan fingerprint density at radius 3 is 1.75 bits per heavy atom. The number of nitrogens with zero attached hydrogens (tertiary/aromatic N) is 2. The van der Waals surface area contributed by atoms with E-state index in [0.717, 1.165) is 60.9 Å². The van der Waals surface area contributed by atoms with Crippen LogP contribution in [-0.4, -0.2) is 15.1 Å². The molecule has 8 rings (SSSR count). The van der Waals surface area contributed by atoms with Gasteiger partial charge in [0.15, 0.2) is 5.58 Å². The van der Waals surface area contributed by atoms with E-state index < -0.39 is 0 Å². The van der Waals surface area contributed by atoms with Crippen LogP contribution in [0.25, 0.3) is 78.0 Å². The topological polar surface area (TPSA) is 59.2 Å². The molecule has 1 N–H and O–H groups in total. The van der Waals surface area contributed by atoms with Gasteiger partial charge in [-0.05, 0) is 158 Å². The molecule has 2 aromatic heterocycles. The van der Waals surface area contributed by atoms with Gasteiger partial charge >= 0.3 is 0 Å². The van der Waals surface area contributed by atoms with Gasteiger partial charge in [0.2, 0.25) is 5.89 Å². The highest BCUT2D eigenvalue weighted by atomic mass is 16.3. The smallest absolute Gasteiger partial charge is 0.231 e. The van der Waals surface area contributed by atoms with Gasteiger partial charge in [0.1, 0.15) is 11.3 Å². The summed E-state index contributed by atoms with van der Waals surface area (Å²) < 4.78 is 6.72. The maximum atomic E-state index is 11.2. The molecule has 0 saturated heterocycles. The molecule has 0 amide bonds. The summed E-state index contributed by atoms with van der Waals surface area (Å²) >= 11 is 0. The van der Waals surface area contributed by atoms with Crippen LogP contribution in [0.3, 0.4) is 0 Å². The van der Waals surface area contributed by atoms with E-state index in [0.29, 0.717) is 17.0 Å². The molecule has 0 fully saturated rings. The van der Waals surface area contributed by atoms with Crippen molar-refractivity contribution < 1.29 is 9.52 Å². The van der Waals surface area contributed by atoms with Crippen LogP contribution in [0.4, 0.5) is 0 Å². The summed E-state index contributed by atoms with van der Waals surface area (Å²) in [6.07, 6.45) is 1.90. The predicted octanol–water partition coefficient (Wildman–Crippen LogP) is 15.2. The minimum atomic E-state index is -0.127. The number of hydrogen-bond donors (Lipinski definition) is 1. The molecule has 59 heavy (non-hydrogen) atoms. The Bertz CT molecular complexity index is 2890. The first kappa shape index (κ1) is 39.8. The molecule has 0 aliphatic carbocycles. The Kier molecular flexibility index (Phi) is 9.70. The average Bonchev–Trinajstić information content (AvgIpc) is 3.61. The molecule has 298 valence electrons. The van der Waals surface area contributed by atoms with Crippen molar-refractivity contribution >= 4 is 22.0 Å². The molecule has 6 aromatic carbocycles. The van der Waals surface area contributed by atoms with E-state index in [1.165, 1.54) is 33.4 Å². The number of aromatic hydroxyl groups is 1. The van der Waals surface area contributed by atoms with Crippen molar-refractivity contribution in [2.24, 2.45) is 0 Å². The van der Waals surface area contributed by atoms with Crippen molar-refractivity contribution in [2.45, 2.75) is 99.3 Å². The van der Waals surface area contributed by atoms with E-state index in [-0.39, 0.29) is 22.0 Å². The minimum Gasteiger partial charge on any atom is -0.507 e. The van der Waals surface area contributed by atoms with Crippen molar-refractivity contribution in [1.29, 1.82) is 0 Å². The lowest BCUT2D eigenvalue weighted by molar-refractivity contribution is 0.473. The summed E-state index contributed by atoms with van der Waals surface area (Å²) in [5, 5.41) is 12.4. The Morgan fingerprint density at radius 2 is 1.12 bits per heavy atom. The molecule has 0 spiro atoms. The summed E-state index contributed by atoms with van der Waals surface area (Å²) in [6, 6.07) is 39.0. The maximum absolute atomic E-state index is 11.2. The molecule has 0 atom stereocenters. The Morgan fingerprint density at radius 1 is 0.508 bits per heavy atom. The summed E-state index contributed by atoms with van der Waals surface area (Å²) in [4.78, 5) is 10.3. The fourth-order valence-electron chi connectivity index (χ4n) is 8.61. The zero-order valence-electron chi connectivity index (χ0n) is 36.7. The third-order valence-corrected chi connectivity index (χ3v) is 12.0. The lowest BCUT2D eigenvalue weighted by atomic mass is 9.80. The molecule has 0 aliphatic heterocycles. The van der Waals surface area contributed by atoms with Gasteiger partial charge in [-0.15, -0.1) is 0 Å². The van der Waals surface area contributed by atoms with Gasteiger partial charge < -0.3 is 9.52 Å². The van der Waals surface area contributed by atoms with E-state index >= 15 is 0 Å². The van der Waals surface area contributed by atoms with Crippen LogP contribution >= 0.6 is 0 Å². The standard InChI is InChI=1S/C55H56N2O2/c1-32-15-13-16-33(2)49(32)39-26-37(25-38(27-39)44-31-46(55(10,11)12)34(3)42-17-14-24-56-50(42)44)43-28-36(35-18-20-40(21-19-35)53(4,5)6)29-48-51(43)57-52(59-48)45-30-41(54(7,8)9)22-23-47(45)58/h13-31,58H,1-12H3. The second kappa shape index (κ2) is 14.4. The number of aromatic nitrogens is 2. The molecule has 0 aliphatic rings. The molecule has 2 heterocycles. The number of oxazole rings is 1. The van der Waals surface area contributed by atoms with Gasteiger partial charge in [-0.3, -0.25) is 4.98 Å². The second-order valence-corrected chi connectivity index (χ2v) is 19.5. The highest BCUT2D eigenvalue weighted by molar-refractivity contribution is 6.01. The molecule has 4 heteroatoms. The molecule has 8 aromatic rings. The second-order valence-electron chi connectivity index (χ2n) is 19.5. The van der Waals surface area contributed by atoms with Crippen LogP contribution in [0.5, 0.6) is 5.75 Å². The predicted molar refractivity (Wildman–Crippen MR) is 248 cm³/mol. The van der Waals surface area contributed by atoms with Crippen molar-refractivity contribution in [3.63, 3.8) is 0 Å². The number of rotatable bonds is 5. The van der Waals surface area contributed by atoms with Crippen molar-refractivity contribution in [2.75, 3.05) is 0 Å². The molecule has 0 saturated carbocycles. The number of benzene rings is 6. The SMILES string of the molecule is Cc1cccc(C)c1-c1cc(-c2cc(-c3ccc(C(C)(C)C)cc3)cc3oc(-c4cc(C(C)(C)C)ccc4O)nc23)cc(-c2cc(C(C)(C)C)c(C)c3cccnc23)c1. The zero-order valence-corrected chi connectivity index (χ0v) is 36.7. The van der Waals surface area contributed by atoms with Crippen LogP contribution in [0, 0.1) is 20.8 Å². The largest absolute Gasteiger partial charge is 0.507 e. The highest BCUT2D eigenvalue weighted by Crippen LogP contribution is 2.44. The van der Waals surface area contributed by atoms with Crippen LogP contribution in [0.2, 0.25) is 0 Å². The number of aryl methyl sites for hydroxylation is 3. The summed E-state index contributed by atoms with van der Waals surface area (Å²) in [6.45, 7) is 26.7. The Hall–Kier alpha value is -6.00. The van der Waals surface area contributed by atoms with Crippen LogP contribution < -0.4 is 0 Å². The summed E-state index contributed by atoms with van der Waals surface area (Å²) in [5.41, 5.74) is 18.8. The van der Waals surface area contributed by atoms with Crippen molar-refractivity contribution in [3.8, 4) is 61.7 Å². The lowest BCUT2D eigenvalue weighted by Crippen LogP contribution is -2.13. The number of hydrogen-bond acceptors (Lipinski definition) is 4. The minimum absolute atomic E-state index is 0.0312. The van der Waals surface area contributed by atoms with E-state index in [2.05, 4.69) is 168 Å². The van der Waals surface area contributed by atoms with E-state index in [1.54, 1.807) is 6.07 Å². The van der Waals surface area contributed by atoms with E-state index in [1.807, 2.05) is 24.4 Å². The fourth-order valence-corrected chi connectivity index (χ4v) is 8.61. The quantitative estimate of drug-likeness (QED) is 0.189. The van der Waals surface area contributed by atoms with E-state index in [9.17, 15) is 5.11 Å². The number of fused-ring (bicyclic) bond motifs is 2. The van der Waals surface area contributed by atoms with Gasteiger partial charge in [0.05, 0.1) is 11.1 Å². The molecule has 4 nitrogen and oxygen atoms in total. The van der Waals surface area contributed by atoms with Gasteiger partial charge in [-0.2, -0.15) is 0 Å². The van der Waals surface area contributed by atoms with Crippen LogP contribution in [0.1, 0.15) is 95.7 Å². The normalized spacial score (nSPS) is 12.5. The molecule has 0 radical (unpaired) electrons. The lowest BCUT2D eigenvalue weighted by Gasteiger charge is -2.25. The van der Waals surface area contributed by atoms with Gasteiger partial charge in [-0.25, -0.2) is 4.98 Å². The Labute approximate surface area is 350 Å². The third-order valence-electron chi connectivity index (χ3n) is 12.0. The first-order chi connectivity index (χ1) is 27.8. The Balaban J connectivity index is 1.46. The summed E-state index contributed by atoms with van der Waals surface area (Å²) in [7, 11) is 0. The van der Waals surface area contributed by atoms with Crippen molar-refractivity contribution in [1.82, 2.24) is 9.97 Å². The zero-order chi connectivity index (χ0) is 42.2. The first-order valence-electron chi connectivity index (χ1n) is 20.8. The molecular weight excluding hydrogens is 721 g/mol. The van der Waals surface area contributed by atoms with E-state index in [4.69, 9.17) is 14.4 Å². The molecule has 0 unspecified atom stereocenters. The summed E-state index contributed by atoms with van der Waals surface area (Å²) in [5.74, 6) is 0.525. The van der Waals surface area contributed by atoms with Gasteiger partial charge in [0, 0.05) is 22.7 Å². The third kappa shape index (κ3) is 7.46. The fraction of sp³-hybridized carbons (Fsp3) is 0.273. The molecular formula is C55H56N2O2. The highest BCUT2D eigenvalue weighted by Gasteiger charge is 2.25. The molecule has 0 bridgehead atoms. The number of phenols is 1. The average molecular weight is 777 g/mol. The monoisotopic (exact) mass is 776 g/mol. The number of pyridine rings is 1. The number of phenolic OH excluding ortho intramolecular Hbond substituents is 1.